The maximum atomic E-state index is 12.7. The van der Waals surface area contributed by atoms with E-state index < -0.39 is 0 Å². The third-order valence-corrected chi connectivity index (χ3v) is 6.31. The molecule has 1 aromatic carbocycles. The van der Waals surface area contributed by atoms with Crippen LogP contribution in [-0.2, 0) is 24.2 Å². The number of nitrogens with one attached hydrogen (secondary N) is 2. The molecule has 6 nitrogen and oxygen atoms in total. The normalized spacial score (nSPS) is 14.9. The van der Waals surface area contributed by atoms with E-state index in [2.05, 4.69) is 33.9 Å². The third-order valence-electron chi connectivity index (χ3n) is 5.10. The molecule has 3 aromatic rings. The highest BCUT2D eigenvalue weighted by Crippen LogP contribution is 2.39. The van der Waals surface area contributed by atoms with E-state index in [1.165, 1.54) is 32.9 Å². The molecule has 0 saturated heterocycles. The summed E-state index contributed by atoms with van der Waals surface area (Å²) in [6.45, 7) is 0.163. The molecule has 2 N–H and O–H groups in total. The molecule has 1 saturated carbocycles. The molecular weight excluding hydrogens is 372 g/mol. The van der Waals surface area contributed by atoms with E-state index in [1.54, 1.807) is 17.1 Å². The van der Waals surface area contributed by atoms with Crippen molar-refractivity contribution in [1.29, 1.82) is 0 Å². The quantitative estimate of drug-likeness (QED) is 0.700. The number of aryl methyl sites for hydroxylation is 2. The molecule has 7 heteroatoms. The summed E-state index contributed by atoms with van der Waals surface area (Å²) in [7, 11) is 0. The fourth-order valence-electron chi connectivity index (χ4n) is 3.54. The Bertz CT molecular complexity index is 1060. The molecule has 1 fully saturated rings. The lowest BCUT2D eigenvalue weighted by molar-refractivity contribution is -0.122. The SMILES string of the molecule is O=C(Cn1cc(NC(=O)c2cc3c(s2)-c2ccccc2CC3)cn1)NC1CC1. The van der Waals surface area contributed by atoms with Crippen molar-refractivity contribution in [3.05, 3.63) is 58.7 Å². The van der Waals surface area contributed by atoms with Crippen LogP contribution < -0.4 is 10.6 Å². The monoisotopic (exact) mass is 392 g/mol. The van der Waals surface area contributed by atoms with Crippen LogP contribution in [0, 0.1) is 0 Å². The first kappa shape index (κ1) is 17.2. The first-order valence-electron chi connectivity index (χ1n) is 9.50. The van der Waals surface area contributed by atoms with Crippen LogP contribution >= 0.6 is 11.3 Å². The second kappa shape index (κ2) is 6.91. The van der Waals surface area contributed by atoms with Crippen LogP contribution in [0.25, 0.3) is 10.4 Å². The molecule has 0 atom stereocenters. The largest absolute Gasteiger partial charge is 0.352 e. The molecule has 2 amide bonds. The highest BCUT2D eigenvalue weighted by atomic mass is 32.1. The lowest BCUT2D eigenvalue weighted by Gasteiger charge is -2.15. The Morgan fingerprint density at radius 1 is 1.18 bits per heavy atom. The van der Waals surface area contributed by atoms with Gasteiger partial charge in [-0.1, -0.05) is 24.3 Å². The van der Waals surface area contributed by atoms with Gasteiger partial charge in [0.15, 0.2) is 0 Å². The van der Waals surface area contributed by atoms with Crippen molar-refractivity contribution in [2.75, 3.05) is 5.32 Å². The Morgan fingerprint density at radius 3 is 2.86 bits per heavy atom. The summed E-state index contributed by atoms with van der Waals surface area (Å²) < 4.78 is 1.54. The van der Waals surface area contributed by atoms with Crippen molar-refractivity contribution in [3.63, 3.8) is 0 Å². The van der Waals surface area contributed by atoms with Crippen molar-refractivity contribution < 1.29 is 9.59 Å². The molecule has 2 aliphatic rings. The van der Waals surface area contributed by atoms with Gasteiger partial charge in [-0.15, -0.1) is 11.3 Å². The highest BCUT2D eigenvalue weighted by molar-refractivity contribution is 7.17. The van der Waals surface area contributed by atoms with Gasteiger partial charge in [0.25, 0.3) is 5.91 Å². The maximum Gasteiger partial charge on any atom is 0.265 e. The minimum Gasteiger partial charge on any atom is -0.352 e. The predicted octanol–water partition coefficient (Wildman–Crippen LogP) is 3.24. The number of thiophene rings is 1. The minimum absolute atomic E-state index is 0.0481. The van der Waals surface area contributed by atoms with Crippen LogP contribution in [0.4, 0.5) is 5.69 Å². The van der Waals surface area contributed by atoms with Gasteiger partial charge in [0, 0.05) is 17.1 Å². The second-order valence-electron chi connectivity index (χ2n) is 7.34. The van der Waals surface area contributed by atoms with E-state index >= 15 is 0 Å². The molecule has 0 aliphatic heterocycles. The Labute approximate surface area is 166 Å². The lowest BCUT2D eigenvalue weighted by Crippen LogP contribution is -2.29. The third kappa shape index (κ3) is 3.45. The number of hydrogen-bond donors (Lipinski definition) is 2. The number of amides is 2. The molecule has 2 aromatic heterocycles. The van der Waals surface area contributed by atoms with Gasteiger partial charge in [-0.2, -0.15) is 5.10 Å². The second-order valence-corrected chi connectivity index (χ2v) is 8.40. The zero-order valence-electron chi connectivity index (χ0n) is 15.3. The highest BCUT2D eigenvalue weighted by Gasteiger charge is 2.24. The van der Waals surface area contributed by atoms with Crippen molar-refractivity contribution >= 4 is 28.8 Å². The predicted molar refractivity (Wildman–Crippen MR) is 109 cm³/mol. The van der Waals surface area contributed by atoms with E-state index in [9.17, 15) is 9.59 Å². The fourth-order valence-corrected chi connectivity index (χ4v) is 4.70. The summed E-state index contributed by atoms with van der Waals surface area (Å²) in [5.74, 6) is -0.188. The molecule has 142 valence electrons. The first-order valence-corrected chi connectivity index (χ1v) is 10.3. The summed E-state index contributed by atoms with van der Waals surface area (Å²) in [6, 6.07) is 10.7. The van der Waals surface area contributed by atoms with Crippen molar-refractivity contribution in [3.8, 4) is 10.4 Å². The standard InChI is InChI=1S/C21H20N4O2S/c26-19(23-15-7-8-15)12-25-11-16(10-22-25)24-21(27)18-9-14-6-5-13-3-1-2-4-17(13)20(14)28-18/h1-4,9-11,15H,5-8,12H2,(H,23,26)(H,24,27). The molecule has 2 heterocycles. The van der Waals surface area contributed by atoms with Gasteiger partial charge in [0.1, 0.15) is 6.54 Å². The van der Waals surface area contributed by atoms with Crippen LogP contribution in [0.5, 0.6) is 0 Å². The van der Waals surface area contributed by atoms with E-state index in [-0.39, 0.29) is 18.4 Å². The van der Waals surface area contributed by atoms with Crippen LogP contribution in [0.2, 0.25) is 0 Å². The summed E-state index contributed by atoms with van der Waals surface area (Å²) in [5, 5.41) is 9.99. The van der Waals surface area contributed by atoms with E-state index in [1.807, 2.05) is 12.1 Å². The lowest BCUT2D eigenvalue weighted by atomic mass is 9.91. The number of benzene rings is 1. The number of rotatable bonds is 5. The molecule has 0 spiro atoms. The van der Waals surface area contributed by atoms with Gasteiger partial charge in [-0.05, 0) is 48.4 Å². The van der Waals surface area contributed by atoms with E-state index in [4.69, 9.17) is 0 Å². The van der Waals surface area contributed by atoms with E-state index in [0.717, 1.165) is 25.7 Å². The number of carbonyl (C=O) groups is 2. The first-order chi connectivity index (χ1) is 13.7. The maximum absolute atomic E-state index is 12.7. The smallest absolute Gasteiger partial charge is 0.265 e. The Balaban J connectivity index is 1.28. The Morgan fingerprint density at radius 2 is 2.00 bits per heavy atom. The number of anilines is 1. The zero-order valence-corrected chi connectivity index (χ0v) is 16.1. The van der Waals surface area contributed by atoms with Gasteiger partial charge < -0.3 is 10.6 Å². The average molecular weight is 392 g/mol. The van der Waals surface area contributed by atoms with E-state index in [0.29, 0.717) is 16.6 Å². The number of carbonyl (C=O) groups excluding carboxylic acids is 2. The summed E-state index contributed by atoms with van der Waals surface area (Å²) in [5.41, 5.74) is 4.41. The average Bonchev–Trinajstić information content (AvgIpc) is 3.22. The van der Waals surface area contributed by atoms with Gasteiger partial charge in [-0.25, -0.2) is 0 Å². The minimum atomic E-state index is -0.140. The van der Waals surface area contributed by atoms with Gasteiger partial charge in [-0.3, -0.25) is 14.3 Å². The molecule has 5 rings (SSSR count). The molecular formula is C21H20N4O2S. The Hall–Kier alpha value is -2.93. The molecule has 0 bridgehead atoms. The summed E-state index contributed by atoms with van der Waals surface area (Å²) >= 11 is 1.53. The molecule has 0 unspecified atom stereocenters. The molecule has 0 radical (unpaired) electrons. The van der Waals surface area contributed by atoms with Crippen LogP contribution in [0.15, 0.2) is 42.7 Å². The molecule has 28 heavy (non-hydrogen) atoms. The summed E-state index contributed by atoms with van der Waals surface area (Å²) in [6.07, 6.45) is 7.35. The van der Waals surface area contributed by atoms with Gasteiger partial charge >= 0.3 is 0 Å². The fraction of sp³-hybridized carbons (Fsp3) is 0.286. The molecule has 2 aliphatic carbocycles. The van der Waals surface area contributed by atoms with Crippen LogP contribution in [0.3, 0.4) is 0 Å². The Kier molecular flexibility index (Phi) is 4.24. The zero-order chi connectivity index (χ0) is 19.1. The number of fused-ring (bicyclic) bond motifs is 3. The van der Waals surface area contributed by atoms with Crippen LogP contribution in [-0.4, -0.2) is 27.6 Å². The van der Waals surface area contributed by atoms with Crippen molar-refractivity contribution in [2.45, 2.75) is 38.3 Å². The number of nitrogens with zero attached hydrogens (tertiary/aromatic N) is 2. The van der Waals surface area contributed by atoms with Gasteiger partial charge in [0.2, 0.25) is 5.91 Å². The van der Waals surface area contributed by atoms with Crippen LogP contribution in [0.1, 0.15) is 33.6 Å². The van der Waals surface area contributed by atoms with Gasteiger partial charge in [0.05, 0.1) is 16.8 Å². The number of aromatic nitrogens is 2. The van der Waals surface area contributed by atoms with Crippen molar-refractivity contribution in [1.82, 2.24) is 15.1 Å². The summed E-state index contributed by atoms with van der Waals surface area (Å²) in [4.78, 5) is 26.5. The topological polar surface area (TPSA) is 76.0 Å². The number of hydrogen-bond acceptors (Lipinski definition) is 4. The van der Waals surface area contributed by atoms with Crippen molar-refractivity contribution in [2.24, 2.45) is 0 Å².